The number of carbonyl (C=O) groups excluding carboxylic acids is 1. The molecule has 2 heterocycles. The van der Waals surface area contributed by atoms with Gasteiger partial charge >= 0.3 is 0 Å². The average Bonchev–Trinajstić information content (AvgIpc) is 2.84. The summed E-state index contributed by atoms with van der Waals surface area (Å²) in [5.74, 6) is 0.719. The maximum atomic E-state index is 12.0. The molecular weight excluding hydrogens is 228 g/mol. The van der Waals surface area contributed by atoms with Gasteiger partial charge in [0.15, 0.2) is 0 Å². The van der Waals surface area contributed by atoms with Crippen LogP contribution in [0.25, 0.3) is 0 Å². The zero-order valence-electron chi connectivity index (χ0n) is 8.44. The van der Waals surface area contributed by atoms with Gasteiger partial charge in [0.05, 0.1) is 12.0 Å². The van der Waals surface area contributed by atoms with Crippen LogP contribution in [-0.2, 0) is 0 Å². The van der Waals surface area contributed by atoms with Crippen LogP contribution in [0.4, 0.5) is 0 Å². The van der Waals surface area contributed by atoms with Crippen molar-refractivity contribution in [3.63, 3.8) is 0 Å². The van der Waals surface area contributed by atoms with Gasteiger partial charge in [-0.25, -0.2) is 0 Å². The Balaban J connectivity index is 2.36. The van der Waals surface area contributed by atoms with Crippen molar-refractivity contribution >= 4 is 28.5 Å². The minimum Gasteiger partial charge on any atom is -0.495 e. The molecule has 0 N–H and O–H groups in total. The molecule has 0 atom stereocenters. The van der Waals surface area contributed by atoms with E-state index in [2.05, 4.69) is 0 Å². The Morgan fingerprint density at radius 3 is 2.80 bits per heavy atom. The smallest absolute Gasteiger partial charge is 0.216 e. The highest BCUT2D eigenvalue weighted by molar-refractivity contribution is 7.16. The molecule has 0 amide bonds. The van der Waals surface area contributed by atoms with E-state index in [9.17, 15) is 4.79 Å². The third-order valence-electron chi connectivity index (χ3n) is 2.01. The summed E-state index contributed by atoms with van der Waals surface area (Å²) in [4.78, 5) is 13.5. The van der Waals surface area contributed by atoms with E-state index in [0.29, 0.717) is 10.6 Å². The van der Waals surface area contributed by atoms with Gasteiger partial charge in [-0.15, -0.1) is 22.7 Å². The van der Waals surface area contributed by atoms with Crippen LogP contribution in [0.2, 0.25) is 0 Å². The summed E-state index contributed by atoms with van der Waals surface area (Å²) < 4.78 is 5.13. The molecular formula is C11H10O2S2. The number of ether oxygens (including phenoxy) is 1. The first-order valence-corrected chi connectivity index (χ1v) is 6.19. The van der Waals surface area contributed by atoms with Gasteiger partial charge in [-0.05, 0) is 35.4 Å². The summed E-state index contributed by atoms with van der Waals surface area (Å²) in [5, 5.41) is 3.85. The van der Waals surface area contributed by atoms with E-state index < -0.39 is 0 Å². The molecule has 0 unspecified atom stereocenters. The summed E-state index contributed by atoms with van der Waals surface area (Å²) in [6.45, 7) is 1.99. The molecule has 2 rings (SSSR count). The molecule has 0 aliphatic heterocycles. The Morgan fingerprint density at radius 2 is 2.20 bits per heavy atom. The maximum Gasteiger partial charge on any atom is 0.216 e. The number of methoxy groups -OCH3 is 1. The van der Waals surface area contributed by atoms with Gasteiger partial charge in [-0.1, -0.05) is 0 Å². The Labute approximate surface area is 96.1 Å². The van der Waals surface area contributed by atoms with Crippen LogP contribution in [0.1, 0.15) is 20.1 Å². The van der Waals surface area contributed by atoms with E-state index >= 15 is 0 Å². The van der Waals surface area contributed by atoms with Gasteiger partial charge in [0.2, 0.25) is 5.78 Å². The lowest BCUT2D eigenvalue weighted by atomic mass is 10.2. The van der Waals surface area contributed by atoms with Gasteiger partial charge in [-0.2, -0.15) is 0 Å². The molecule has 0 bridgehead atoms. The second-order valence-corrected chi connectivity index (χ2v) is 4.96. The fourth-order valence-corrected chi connectivity index (χ4v) is 3.01. The lowest BCUT2D eigenvalue weighted by Gasteiger charge is -1.99. The minimum absolute atomic E-state index is 0.0555. The zero-order valence-corrected chi connectivity index (χ0v) is 10.1. The molecule has 2 aromatic rings. The number of hydrogen-bond donors (Lipinski definition) is 0. The van der Waals surface area contributed by atoms with Crippen LogP contribution in [0, 0.1) is 6.92 Å². The normalized spacial score (nSPS) is 10.3. The summed E-state index contributed by atoms with van der Waals surface area (Å²) in [7, 11) is 1.58. The molecule has 4 heteroatoms. The van der Waals surface area contributed by atoms with Crippen LogP contribution < -0.4 is 4.74 Å². The highest BCUT2D eigenvalue weighted by Crippen LogP contribution is 2.29. The van der Waals surface area contributed by atoms with Crippen molar-refractivity contribution in [3.8, 4) is 5.75 Å². The van der Waals surface area contributed by atoms with Crippen LogP contribution in [0.5, 0.6) is 5.75 Å². The molecule has 0 aliphatic rings. The van der Waals surface area contributed by atoms with Crippen molar-refractivity contribution in [2.45, 2.75) is 6.92 Å². The number of thiophene rings is 2. The molecule has 15 heavy (non-hydrogen) atoms. The first-order chi connectivity index (χ1) is 7.22. The number of aryl methyl sites for hydroxylation is 1. The summed E-state index contributed by atoms with van der Waals surface area (Å²) >= 11 is 2.90. The van der Waals surface area contributed by atoms with Crippen molar-refractivity contribution in [1.29, 1.82) is 0 Å². The van der Waals surface area contributed by atoms with Crippen molar-refractivity contribution in [2.24, 2.45) is 0 Å². The van der Waals surface area contributed by atoms with Crippen LogP contribution in [0.15, 0.2) is 22.9 Å². The van der Waals surface area contributed by atoms with Crippen LogP contribution in [0.3, 0.4) is 0 Å². The molecule has 0 aromatic carbocycles. The van der Waals surface area contributed by atoms with E-state index in [0.717, 1.165) is 10.4 Å². The number of hydrogen-bond acceptors (Lipinski definition) is 4. The van der Waals surface area contributed by atoms with Crippen molar-refractivity contribution in [2.75, 3.05) is 7.11 Å². The highest BCUT2D eigenvalue weighted by atomic mass is 32.1. The van der Waals surface area contributed by atoms with E-state index in [4.69, 9.17) is 4.74 Å². The molecule has 0 saturated carbocycles. The highest BCUT2D eigenvalue weighted by Gasteiger charge is 2.17. The summed E-state index contributed by atoms with van der Waals surface area (Å²) in [6, 6.07) is 3.73. The van der Waals surface area contributed by atoms with Crippen molar-refractivity contribution in [1.82, 2.24) is 0 Å². The predicted molar refractivity (Wildman–Crippen MR) is 63.4 cm³/mol. The first kappa shape index (κ1) is 10.4. The molecule has 0 radical (unpaired) electrons. The zero-order chi connectivity index (χ0) is 10.8. The Bertz CT molecular complexity index is 482. The SMILES string of the molecule is COc1ccsc1C(=O)c1cc(C)cs1. The monoisotopic (exact) mass is 238 g/mol. The van der Waals surface area contributed by atoms with Gasteiger partial charge in [0.1, 0.15) is 10.6 Å². The lowest BCUT2D eigenvalue weighted by molar-refractivity contribution is 0.104. The number of ketones is 1. The van der Waals surface area contributed by atoms with Crippen LogP contribution in [-0.4, -0.2) is 12.9 Å². The molecule has 2 aromatic heterocycles. The van der Waals surface area contributed by atoms with E-state index in [1.54, 1.807) is 7.11 Å². The minimum atomic E-state index is 0.0555. The average molecular weight is 238 g/mol. The van der Waals surface area contributed by atoms with Gasteiger partial charge in [0.25, 0.3) is 0 Å². The molecule has 2 nitrogen and oxygen atoms in total. The van der Waals surface area contributed by atoms with E-state index in [1.165, 1.54) is 22.7 Å². The Morgan fingerprint density at radius 1 is 1.40 bits per heavy atom. The van der Waals surface area contributed by atoms with Gasteiger partial charge in [0, 0.05) is 0 Å². The molecule has 0 fully saturated rings. The predicted octanol–water partition coefficient (Wildman–Crippen LogP) is 3.36. The quantitative estimate of drug-likeness (QED) is 0.766. The summed E-state index contributed by atoms with van der Waals surface area (Å²) in [5.41, 5.74) is 1.12. The fourth-order valence-electron chi connectivity index (χ4n) is 1.29. The third kappa shape index (κ3) is 1.96. The molecule has 0 spiro atoms. The van der Waals surface area contributed by atoms with E-state index in [-0.39, 0.29) is 5.78 Å². The standard InChI is InChI=1S/C11H10O2S2/c1-7-5-9(15-6-7)10(12)11-8(13-2)3-4-14-11/h3-6H,1-2H3. The van der Waals surface area contributed by atoms with Crippen LogP contribution >= 0.6 is 22.7 Å². The molecule has 0 saturated heterocycles. The Hall–Kier alpha value is -1.13. The number of carbonyl (C=O) groups is 1. The fraction of sp³-hybridized carbons (Fsp3) is 0.182. The summed E-state index contributed by atoms with van der Waals surface area (Å²) in [6.07, 6.45) is 0. The van der Waals surface area contributed by atoms with Crippen molar-refractivity contribution < 1.29 is 9.53 Å². The largest absolute Gasteiger partial charge is 0.495 e. The van der Waals surface area contributed by atoms with Gasteiger partial charge < -0.3 is 4.74 Å². The lowest BCUT2D eigenvalue weighted by Crippen LogP contribution is -1.97. The second kappa shape index (κ2) is 4.16. The first-order valence-electron chi connectivity index (χ1n) is 4.43. The number of rotatable bonds is 3. The Kier molecular flexibility index (Phi) is 2.88. The second-order valence-electron chi connectivity index (χ2n) is 3.14. The molecule has 78 valence electrons. The van der Waals surface area contributed by atoms with Gasteiger partial charge in [-0.3, -0.25) is 4.79 Å². The molecule has 0 aliphatic carbocycles. The van der Waals surface area contributed by atoms with Crippen molar-refractivity contribution in [3.05, 3.63) is 38.2 Å². The topological polar surface area (TPSA) is 26.3 Å². The maximum absolute atomic E-state index is 12.0. The third-order valence-corrected chi connectivity index (χ3v) is 3.95. The van der Waals surface area contributed by atoms with E-state index in [1.807, 2.05) is 29.8 Å².